The Hall–Kier alpha value is -1.60. The lowest BCUT2D eigenvalue weighted by atomic mass is 9.81. The highest BCUT2D eigenvalue weighted by molar-refractivity contribution is 7.12. The van der Waals surface area contributed by atoms with Crippen molar-refractivity contribution in [3.8, 4) is 0 Å². The van der Waals surface area contributed by atoms with Crippen LogP contribution in [-0.2, 0) is 4.74 Å². The van der Waals surface area contributed by atoms with Crippen molar-refractivity contribution in [3.05, 3.63) is 22.4 Å². The Kier molecular flexibility index (Phi) is 5.41. The molecule has 1 aliphatic carbocycles. The third kappa shape index (κ3) is 3.99. The van der Waals surface area contributed by atoms with E-state index in [4.69, 9.17) is 4.74 Å². The van der Waals surface area contributed by atoms with Crippen molar-refractivity contribution in [1.82, 2.24) is 15.1 Å². The summed E-state index contributed by atoms with van der Waals surface area (Å²) in [6.07, 6.45) is 5.74. The van der Waals surface area contributed by atoms with Crippen LogP contribution in [0.25, 0.3) is 0 Å². The second kappa shape index (κ2) is 7.80. The summed E-state index contributed by atoms with van der Waals surface area (Å²) >= 11 is 1.50. The first-order valence-electron chi connectivity index (χ1n) is 10.1. The van der Waals surface area contributed by atoms with E-state index in [9.17, 15) is 9.59 Å². The van der Waals surface area contributed by atoms with Gasteiger partial charge in [0.05, 0.1) is 10.5 Å². The van der Waals surface area contributed by atoms with E-state index < -0.39 is 0 Å². The molecule has 27 heavy (non-hydrogen) atoms. The van der Waals surface area contributed by atoms with Crippen LogP contribution < -0.4 is 5.32 Å². The smallest absolute Gasteiger partial charge is 0.317 e. The van der Waals surface area contributed by atoms with E-state index in [-0.39, 0.29) is 23.6 Å². The standard InChI is InChI=1S/C20H29N3O3S/c1-2-21-19(25)23(15-5-6-15)16-7-12-26-20(14-16)8-10-22(11-9-20)18(24)17-4-3-13-27-17/h3-4,13,15-16H,2,5-12,14H2,1H3,(H,21,25). The summed E-state index contributed by atoms with van der Waals surface area (Å²) in [6, 6.07) is 4.54. The molecule has 2 aliphatic heterocycles. The Morgan fingerprint density at radius 3 is 2.70 bits per heavy atom. The van der Waals surface area contributed by atoms with Gasteiger partial charge in [-0.2, -0.15) is 0 Å². The largest absolute Gasteiger partial charge is 0.375 e. The molecular formula is C20H29N3O3S. The molecule has 1 atom stereocenters. The average molecular weight is 392 g/mol. The molecule has 6 nitrogen and oxygen atoms in total. The van der Waals surface area contributed by atoms with Crippen LogP contribution in [0.15, 0.2) is 17.5 Å². The van der Waals surface area contributed by atoms with Crippen LogP contribution in [0.2, 0.25) is 0 Å². The predicted octanol–water partition coefficient (Wildman–Crippen LogP) is 3.10. The van der Waals surface area contributed by atoms with Crippen molar-refractivity contribution in [3.63, 3.8) is 0 Å². The molecule has 0 bridgehead atoms. The molecule has 3 amide bonds. The predicted molar refractivity (Wildman–Crippen MR) is 105 cm³/mol. The van der Waals surface area contributed by atoms with Crippen molar-refractivity contribution in [2.24, 2.45) is 0 Å². The number of nitrogens with zero attached hydrogens (tertiary/aromatic N) is 2. The van der Waals surface area contributed by atoms with Crippen LogP contribution in [-0.4, -0.2) is 65.7 Å². The minimum atomic E-state index is -0.186. The van der Waals surface area contributed by atoms with E-state index in [2.05, 4.69) is 10.2 Å². The number of nitrogens with one attached hydrogen (secondary N) is 1. The zero-order valence-corrected chi connectivity index (χ0v) is 16.8. The van der Waals surface area contributed by atoms with Crippen molar-refractivity contribution < 1.29 is 14.3 Å². The second-order valence-electron chi connectivity index (χ2n) is 7.92. The first kappa shape index (κ1) is 18.7. The van der Waals surface area contributed by atoms with Crippen molar-refractivity contribution in [1.29, 1.82) is 0 Å². The van der Waals surface area contributed by atoms with Gasteiger partial charge in [0.15, 0.2) is 0 Å². The zero-order valence-electron chi connectivity index (χ0n) is 16.0. The highest BCUT2D eigenvalue weighted by Gasteiger charge is 2.46. The minimum Gasteiger partial charge on any atom is -0.375 e. The Morgan fingerprint density at radius 2 is 2.07 bits per heavy atom. The number of thiophene rings is 1. The number of hydrogen-bond donors (Lipinski definition) is 1. The molecule has 3 aliphatic rings. The van der Waals surface area contributed by atoms with Gasteiger partial charge >= 0.3 is 6.03 Å². The van der Waals surface area contributed by atoms with Crippen molar-refractivity contribution in [2.75, 3.05) is 26.2 Å². The van der Waals surface area contributed by atoms with Crippen LogP contribution in [0.4, 0.5) is 4.79 Å². The number of ether oxygens (including phenoxy) is 1. The summed E-state index contributed by atoms with van der Waals surface area (Å²) in [7, 11) is 0. The van der Waals surface area contributed by atoms with E-state index in [1.807, 2.05) is 29.3 Å². The number of piperidine rings is 1. The van der Waals surface area contributed by atoms with Gasteiger partial charge in [0.25, 0.3) is 5.91 Å². The summed E-state index contributed by atoms with van der Waals surface area (Å²) < 4.78 is 6.25. The van der Waals surface area contributed by atoms with Crippen LogP contribution >= 0.6 is 11.3 Å². The van der Waals surface area contributed by atoms with Gasteiger partial charge in [-0.1, -0.05) is 6.07 Å². The number of hydrogen-bond acceptors (Lipinski definition) is 4. The number of carbonyl (C=O) groups excluding carboxylic acids is 2. The molecular weight excluding hydrogens is 362 g/mol. The summed E-state index contributed by atoms with van der Waals surface area (Å²) in [5.41, 5.74) is -0.186. The zero-order chi connectivity index (χ0) is 18.9. The molecule has 1 spiro atoms. The van der Waals surface area contributed by atoms with Gasteiger partial charge < -0.3 is 19.9 Å². The fraction of sp³-hybridized carbons (Fsp3) is 0.700. The third-order valence-corrected chi connectivity index (χ3v) is 6.91. The van der Waals surface area contributed by atoms with E-state index in [0.29, 0.717) is 19.2 Å². The van der Waals surface area contributed by atoms with E-state index >= 15 is 0 Å². The maximum Gasteiger partial charge on any atom is 0.317 e. The fourth-order valence-corrected chi connectivity index (χ4v) is 5.18. The highest BCUT2D eigenvalue weighted by atomic mass is 32.1. The van der Waals surface area contributed by atoms with Crippen molar-refractivity contribution >= 4 is 23.3 Å². The van der Waals surface area contributed by atoms with Crippen LogP contribution in [0.3, 0.4) is 0 Å². The molecule has 2 saturated heterocycles. The minimum absolute atomic E-state index is 0.0763. The number of urea groups is 1. The third-order valence-electron chi connectivity index (χ3n) is 6.06. The highest BCUT2D eigenvalue weighted by Crippen LogP contribution is 2.40. The Balaban J connectivity index is 1.39. The lowest BCUT2D eigenvalue weighted by Crippen LogP contribution is -2.57. The van der Waals surface area contributed by atoms with Gasteiger partial charge in [0.1, 0.15) is 0 Å². The summed E-state index contributed by atoms with van der Waals surface area (Å²) in [6.45, 7) is 4.79. The SMILES string of the molecule is CCNC(=O)N(C1CC1)C1CCOC2(CCN(C(=O)c3cccs3)CC2)C1. The topological polar surface area (TPSA) is 61.9 Å². The first-order valence-corrected chi connectivity index (χ1v) is 11.0. The maximum absolute atomic E-state index is 12.6. The maximum atomic E-state index is 12.6. The number of carbonyl (C=O) groups is 2. The average Bonchev–Trinajstić information content (AvgIpc) is 3.33. The van der Waals surface area contributed by atoms with Gasteiger partial charge in [0, 0.05) is 38.3 Å². The lowest BCUT2D eigenvalue weighted by molar-refractivity contribution is -0.126. The molecule has 3 heterocycles. The van der Waals surface area contributed by atoms with Crippen LogP contribution in [0, 0.1) is 0 Å². The van der Waals surface area contributed by atoms with Gasteiger partial charge in [-0.05, 0) is 56.9 Å². The van der Waals surface area contributed by atoms with E-state index in [1.165, 1.54) is 11.3 Å². The first-order chi connectivity index (χ1) is 13.1. The molecule has 0 radical (unpaired) electrons. The normalized spacial score (nSPS) is 24.6. The van der Waals surface area contributed by atoms with Crippen LogP contribution in [0.5, 0.6) is 0 Å². The number of likely N-dealkylation sites (tertiary alicyclic amines) is 1. The Bertz CT molecular complexity index is 666. The number of amides is 3. The van der Waals surface area contributed by atoms with E-state index in [0.717, 1.165) is 56.5 Å². The number of rotatable bonds is 4. The Morgan fingerprint density at radius 1 is 1.30 bits per heavy atom. The van der Waals surface area contributed by atoms with Gasteiger partial charge in [0.2, 0.25) is 0 Å². The second-order valence-corrected chi connectivity index (χ2v) is 8.87. The molecule has 1 N–H and O–H groups in total. The Labute approximate surface area is 164 Å². The molecule has 0 aromatic carbocycles. The molecule has 3 fully saturated rings. The van der Waals surface area contributed by atoms with Gasteiger partial charge in [-0.3, -0.25) is 4.79 Å². The van der Waals surface area contributed by atoms with Gasteiger partial charge in [-0.15, -0.1) is 11.3 Å². The summed E-state index contributed by atoms with van der Waals surface area (Å²) in [5, 5.41) is 4.93. The molecule has 1 aromatic rings. The monoisotopic (exact) mass is 391 g/mol. The molecule has 4 rings (SSSR count). The lowest BCUT2D eigenvalue weighted by Gasteiger charge is -2.48. The van der Waals surface area contributed by atoms with Gasteiger partial charge in [-0.25, -0.2) is 4.79 Å². The van der Waals surface area contributed by atoms with Crippen LogP contribution in [0.1, 0.15) is 55.1 Å². The molecule has 1 aromatic heterocycles. The quantitative estimate of drug-likeness (QED) is 0.858. The van der Waals surface area contributed by atoms with E-state index in [1.54, 1.807) is 0 Å². The van der Waals surface area contributed by atoms with Crippen molar-refractivity contribution in [2.45, 2.75) is 63.1 Å². The molecule has 148 valence electrons. The molecule has 7 heteroatoms. The summed E-state index contributed by atoms with van der Waals surface area (Å²) in [4.78, 5) is 30.0. The summed E-state index contributed by atoms with van der Waals surface area (Å²) in [5.74, 6) is 0.133. The molecule has 1 saturated carbocycles. The molecule has 1 unspecified atom stereocenters. The fourth-order valence-electron chi connectivity index (χ4n) is 4.49.